The molecule has 1 aromatic carbocycles. The van der Waals surface area contributed by atoms with Crippen LogP contribution in [0.5, 0.6) is 5.75 Å². The molecule has 0 aliphatic carbocycles. The number of rotatable bonds is 5. The van der Waals surface area contributed by atoms with Crippen molar-refractivity contribution in [1.29, 1.82) is 0 Å². The van der Waals surface area contributed by atoms with E-state index in [1.807, 2.05) is 25.1 Å². The molecule has 3 rings (SSSR count). The van der Waals surface area contributed by atoms with E-state index in [1.165, 1.54) is 7.11 Å². The molecule has 2 aliphatic rings. The van der Waals surface area contributed by atoms with Crippen molar-refractivity contribution in [3.05, 3.63) is 29.8 Å². The molecule has 2 aliphatic heterocycles. The molecular formula is C19H25NO4. The molecule has 0 amide bonds. The average molecular weight is 331 g/mol. The number of carbonyl (C=O) groups excluding carboxylic acids is 2. The summed E-state index contributed by atoms with van der Waals surface area (Å²) in [7, 11) is 3.03. The number of ketones is 1. The summed E-state index contributed by atoms with van der Waals surface area (Å²) < 4.78 is 10.3. The van der Waals surface area contributed by atoms with Crippen LogP contribution >= 0.6 is 0 Å². The fourth-order valence-electron chi connectivity index (χ4n) is 4.50. The Labute approximate surface area is 142 Å². The molecule has 0 aromatic heterocycles. The number of methoxy groups -OCH3 is 2. The van der Waals surface area contributed by atoms with Crippen LogP contribution < -0.4 is 4.74 Å². The number of esters is 1. The Kier molecular flexibility index (Phi) is 4.63. The zero-order valence-corrected chi connectivity index (χ0v) is 14.6. The Morgan fingerprint density at radius 1 is 1.33 bits per heavy atom. The summed E-state index contributed by atoms with van der Waals surface area (Å²) >= 11 is 0. The summed E-state index contributed by atoms with van der Waals surface area (Å²) in [4.78, 5) is 27.6. The summed E-state index contributed by atoms with van der Waals surface area (Å²) in [5, 5.41) is 0. The third-order valence-electron chi connectivity index (χ3n) is 5.74. The van der Waals surface area contributed by atoms with E-state index in [9.17, 15) is 9.59 Å². The van der Waals surface area contributed by atoms with E-state index in [0.29, 0.717) is 12.8 Å². The highest BCUT2D eigenvalue weighted by molar-refractivity contribution is 6.05. The molecule has 0 saturated carbocycles. The average Bonchev–Trinajstić information content (AvgIpc) is 2.91. The van der Waals surface area contributed by atoms with Gasteiger partial charge in [0.2, 0.25) is 0 Å². The molecule has 0 spiro atoms. The summed E-state index contributed by atoms with van der Waals surface area (Å²) in [6, 6.07) is 8.11. The van der Waals surface area contributed by atoms with Crippen molar-refractivity contribution in [2.45, 2.75) is 51.2 Å². The number of carbonyl (C=O) groups is 2. The van der Waals surface area contributed by atoms with Crippen LogP contribution in [0, 0.1) is 5.41 Å². The molecule has 130 valence electrons. The Balaban J connectivity index is 1.92. The van der Waals surface area contributed by atoms with Gasteiger partial charge in [0.15, 0.2) is 5.78 Å². The van der Waals surface area contributed by atoms with Gasteiger partial charge in [0.1, 0.15) is 11.2 Å². The molecular weight excluding hydrogens is 306 g/mol. The molecule has 2 saturated heterocycles. The second-order valence-corrected chi connectivity index (χ2v) is 6.71. The molecule has 2 fully saturated rings. The van der Waals surface area contributed by atoms with Gasteiger partial charge in [-0.3, -0.25) is 14.5 Å². The number of ether oxygens (including phenoxy) is 2. The second kappa shape index (κ2) is 6.55. The van der Waals surface area contributed by atoms with Crippen molar-refractivity contribution in [1.82, 2.24) is 4.90 Å². The molecule has 0 radical (unpaired) electrons. The summed E-state index contributed by atoms with van der Waals surface area (Å²) in [5.74, 6) is 0.491. The first-order chi connectivity index (χ1) is 11.6. The Bertz CT molecular complexity index is 644. The Hall–Kier alpha value is -1.88. The van der Waals surface area contributed by atoms with Crippen molar-refractivity contribution in [3.63, 3.8) is 0 Å². The highest BCUT2D eigenvalue weighted by Gasteiger charge is 2.60. The first-order valence-corrected chi connectivity index (χ1v) is 8.57. The molecule has 2 heterocycles. The number of hydrogen-bond acceptors (Lipinski definition) is 5. The van der Waals surface area contributed by atoms with Gasteiger partial charge in [-0.05, 0) is 37.0 Å². The Morgan fingerprint density at radius 3 is 2.79 bits per heavy atom. The summed E-state index contributed by atoms with van der Waals surface area (Å²) in [6.07, 6.45) is 2.75. The fraction of sp³-hybridized carbons (Fsp3) is 0.579. The topological polar surface area (TPSA) is 55.8 Å². The minimum atomic E-state index is -1.01. The zero-order valence-electron chi connectivity index (χ0n) is 14.6. The first-order valence-electron chi connectivity index (χ1n) is 8.57. The largest absolute Gasteiger partial charge is 0.497 e. The summed E-state index contributed by atoms with van der Waals surface area (Å²) in [5.41, 5.74) is 0.121. The van der Waals surface area contributed by atoms with Crippen LogP contribution in [0.4, 0.5) is 0 Å². The minimum absolute atomic E-state index is 0.0474. The van der Waals surface area contributed by atoms with Gasteiger partial charge in [-0.1, -0.05) is 19.1 Å². The molecule has 5 nitrogen and oxygen atoms in total. The van der Waals surface area contributed by atoms with Crippen LogP contribution in [-0.4, -0.2) is 43.0 Å². The fourth-order valence-corrected chi connectivity index (χ4v) is 4.50. The lowest BCUT2D eigenvalue weighted by Crippen LogP contribution is -2.59. The highest BCUT2D eigenvalue weighted by atomic mass is 16.5. The predicted molar refractivity (Wildman–Crippen MR) is 89.7 cm³/mol. The second-order valence-electron chi connectivity index (χ2n) is 6.71. The van der Waals surface area contributed by atoms with E-state index < -0.39 is 5.41 Å². The molecule has 0 N–H and O–H groups in total. The van der Waals surface area contributed by atoms with Crippen molar-refractivity contribution in [2.75, 3.05) is 14.2 Å². The maximum atomic E-state index is 12.8. The van der Waals surface area contributed by atoms with Crippen LogP contribution in [-0.2, 0) is 20.9 Å². The molecule has 5 heteroatoms. The minimum Gasteiger partial charge on any atom is -0.497 e. The standard InChI is InChI=1S/C19H25NO4/c1-4-19(18(22)24-3)16-9-8-14(11-17(19)21)20(16)12-13-6-5-7-15(10-13)23-2/h5-7,10,14,16H,4,8-9,11-12H2,1-3H3/t14-,16-,19+/m1/s1. The van der Waals surface area contributed by atoms with Crippen LogP contribution in [0.25, 0.3) is 0 Å². The van der Waals surface area contributed by atoms with Crippen LogP contribution in [0.15, 0.2) is 24.3 Å². The van der Waals surface area contributed by atoms with Gasteiger partial charge < -0.3 is 9.47 Å². The maximum absolute atomic E-state index is 12.8. The van der Waals surface area contributed by atoms with Gasteiger partial charge in [-0.2, -0.15) is 0 Å². The van der Waals surface area contributed by atoms with Crippen molar-refractivity contribution in [2.24, 2.45) is 5.41 Å². The van der Waals surface area contributed by atoms with Crippen molar-refractivity contribution in [3.8, 4) is 5.75 Å². The van der Waals surface area contributed by atoms with E-state index in [0.717, 1.165) is 30.7 Å². The lowest BCUT2D eigenvalue weighted by atomic mass is 9.70. The van der Waals surface area contributed by atoms with Gasteiger partial charge in [0.25, 0.3) is 0 Å². The van der Waals surface area contributed by atoms with Gasteiger partial charge in [0.05, 0.1) is 14.2 Å². The van der Waals surface area contributed by atoms with Crippen molar-refractivity contribution >= 4 is 11.8 Å². The Morgan fingerprint density at radius 2 is 2.12 bits per heavy atom. The van der Waals surface area contributed by atoms with E-state index in [1.54, 1.807) is 7.11 Å². The zero-order chi connectivity index (χ0) is 17.3. The first kappa shape index (κ1) is 17.0. The number of nitrogens with zero attached hydrogens (tertiary/aromatic N) is 1. The molecule has 1 aromatic rings. The summed E-state index contributed by atoms with van der Waals surface area (Å²) in [6.45, 7) is 2.63. The SMILES string of the molecule is CC[C@@]1(C(=O)OC)C(=O)C[C@H]2CC[C@H]1N2Cc1cccc(OC)c1. The van der Waals surface area contributed by atoms with Crippen LogP contribution in [0.3, 0.4) is 0 Å². The third kappa shape index (κ3) is 2.51. The normalized spacial score (nSPS) is 29.5. The number of benzene rings is 1. The number of hydrogen-bond donors (Lipinski definition) is 0. The van der Waals surface area contributed by atoms with Gasteiger partial charge in [-0.15, -0.1) is 0 Å². The van der Waals surface area contributed by atoms with Gasteiger partial charge >= 0.3 is 5.97 Å². The lowest BCUT2D eigenvalue weighted by molar-refractivity contribution is -0.167. The van der Waals surface area contributed by atoms with E-state index >= 15 is 0 Å². The van der Waals surface area contributed by atoms with E-state index in [4.69, 9.17) is 9.47 Å². The third-order valence-corrected chi connectivity index (χ3v) is 5.74. The van der Waals surface area contributed by atoms with Crippen LogP contribution in [0.1, 0.15) is 38.2 Å². The number of fused-ring (bicyclic) bond motifs is 2. The number of Topliss-reactive ketones (excluding diaryl/α,β-unsaturated/α-hetero) is 1. The molecule has 24 heavy (non-hydrogen) atoms. The lowest BCUT2D eigenvalue weighted by Gasteiger charge is -2.45. The smallest absolute Gasteiger partial charge is 0.320 e. The van der Waals surface area contributed by atoms with Crippen LogP contribution in [0.2, 0.25) is 0 Å². The van der Waals surface area contributed by atoms with Gasteiger partial charge in [0, 0.05) is 25.0 Å². The van der Waals surface area contributed by atoms with E-state index in [-0.39, 0.29) is 23.8 Å². The maximum Gasteiger partial charge on any atom is 0.320 e. The van der Waals surface area contributed by atoms with Gasteiger partial charge in [-0.25, -0.2) is 0 Å². The van der Waals surface area contributed by atoms with Crippen molar-refractivity contribution < 1.29 is 19.1 Å². The van der Waals surface area contributed by atoms with E-state index in [2.05, 4.69) is 11.0 Å². The number of piperidine rings is 1. The predicted octanol–water partition coefficient (Wildman–Crippen LogP) is 2.57. The molecule has 3 atom stereocenters. The molecule has 0 unspecified atom stereocenters. The quantitative estimate of drug-likeness (QED) is 0.613. The monoisotopic (exact) mass is 331 g/mol. The highest BCUT2D eigenvalue weighted by Crippen LogP contribution is 2.48. The molecule has 2 bridgehead atoms.